The fraction of sp³-hybridized carbons (Fsp3) is 0.160. The number of phenolic OH excluding ortho intramolecular Hbond substituents is 2. The monoisotopic (exact) mass is 457 g/mol. The molecule has 2 aromatic heterocycles. The van der Waals surface area contributed by atoms with Gasteiger partial charge in [0.1, 0.15) is 28.6 Å². The first kappa shape index (κ1) is 21.3. The van der Waals surface area contributed by atoms with Gasteiger partial charge in [-0.3, -0.25) is 14.5 Å². The number of ether oxygens (including phenoxy) is 1. The van der Waals surface area contributed by atoms with Crippen molar-refractivity contribution >= 4 is 17.4 Å². The van der Waals surface area contributed by atoms with Crippen LogP contribution in [0.2, 0.25) is 0 Å². The Labute approximate surface area is 195 Å². The van der Waals surface area contributed by atoms with Crippen LogP contribution < -0.4 is 10.1 Å². The molecular weight excluding hydrogens is 434 g/mol. The molecule has 5 rings (SSSR count). The van der Waals surface area contributed by atoms with Crippen LogP contribution in [-0.2, 0) is 20.1 Å². The minimum absolute atomic E-state index is 0.0674. The van der Waals surface area contributed by atoms with Crippen LogP contribution in [-0.4, -0.2) is 42.9 Å². The first-order valence-electron chi connectivity index (χ1n) is 10.7. The molecule has 0 atom stereocenters. The Kier molecular flexibility index (Phi) is 5.29. The number of nitrogens with one attached hydrogen (secondary N) is 1. The zero-order chi connectivity index (χ0) is 23.8. The molecule has 0 unspecified atom stereocenters. The first-order valence-corrected chi connectivity index (χ1v) is 10.7. The zero-order valence-corrected chi connectivity index (χ0v) is 18.7. The number of amides is 1. The Morgan fingerprint density at radius 3 is 2.62 bits per heavy atom. The van der Waals surface area contributed by atoms with Gasteiger partial charge in [-0.2, -0.15) is 5.10 Å². The van der Waals surface area contributed by atoms with Crippen molar-refractivity contribution in [3.05, 3.63) is 77.6 Å². The highest BCUT2D eigenvalue weighted by molar-refractivity contribution is 6.03. The number of carbonyl (C=O) groups excluding carboxylic acids is 1. The highest BCUT2D eigenvalue weighted by atomic mass is 16.5. The summed E-state index contributed by atoms with van der Waals surface area (Å²) < 4.78 is 6.84. The SMILES string of the molecule is COc1ccc(-c2cc(Nc3cc(O)cc(O)c3C(=O)N3Cc4cccnc4C3)n(C)n2)cc1. The minimum atomic E-state index is -0.365. The van der Waals surface area contributed by atoms with E-state index in [1.165, 1.54) is 6.07 Å². The van der Waals surface area contributed by atoms with Crippen LogP contribution >= 0.6 is 0 Å². The molecule has 172 valence electrons. The Morgan fingerprint density at radius 2 is 1.88 bits per heavy atom. The largest absolute Gasteiger partial charge is 0.508 e. The van der Waals surface area contributed by atoms with Gasteiger partial charge in [-0.1, -0.05) is 6.07 Å². The van der Waals surface area contributed by atoms with E-state index in [9.17, 15) is 15.0 Å². The second-order valence-electron chi connectivity index (χ2n) is 8.05. The van der Waals surface area contributed by atoms with Crippen LogP contribution in [0.25, 0.3) is 11.3 Å². The summed E-state index contributed by atoms with van der Waals surface area (Å²) in [6.07, 6.45) is 1.70. The van der Waals surface area contributed by atoms with Crippen LogP contribution in [0.15, 0.2) is 60.8 Å². The molecule has 0 bridgehead atoms. The molecule has 34 heavy (non-hydrogen) atoms. The molecule has 0 saturated carbocycles. The van der Waals surface area contributed by atoms with Gasteiger partial charge < -0.3 is 25.2 Å². The number of benzene rings is 2. The maximum Gasteiger partial charge on any atom is 0.260 e. The molecule has 3 heterocycles. The molecule has 0 spiro atoms. The number of carbonyl (C=O) groups is 1. The minimum Gasteiger partial charge on any atom is -0.508 e. The molecule has 0 radical (unpaired) electrons. The van der Waals surface area contributed by atoms with Crippen molar-refractivity contribution in [3.63, 3.8) is 0 Å². The third kappa shape index (κ3) is 3.88. The number of rotatable bonds is 5. The molecule has 1 aliphatic rings. The Balaban J connectivity index is 1.46. The van der Waals surface area contributed by atoms with E-state index in [2.05, 4.69) is 15.4 Å². The average Bonchev–Trinajstić information content (AvgIpc) is 3.42. The topological polar surface area (TPSA) is 113 Å². The maximum absolute atomic E-state index is 13.4. The molecular formula is C25H23N5O4. The number of hydrogen-bond acceptors (Lipinski definition) is 7. The van der Waals surface area contributed by atoms with Gasteiger partial charge in [0.15, 0.2) is 0 Å². The van der Waals surface area contributed by atoms with Gasteiger partial charge in [-0.25, -0.2) is 0 Å². The number of phenols is 2. The molecule has 9 nitrogen and oxygen atoms in total. The zero-order valence-electron chi connectivity index (χ0n) is 18.7. The second kappa shape index (κ2) is 8.43. The highest BCUT2D eigenvalue weighted by Gasteiger charge is 2.29. The lowest BCUT2D eigenvalue weighted by atomic mass is 10.1. The molecule has 1 aliphatic heterocycles. The number of aryl methyl sites for hydroxylation is 1. The molecule has 3 N–H and O–H groups in total. The van der Waals surface area contributed by atoms with Gasteiger partial charge in [-0.15, -0.1) is 0 Å². The lowest BCUT2D eigenvalue weighted by Crippen LogP contribution is -2.26. The summed E-state index contributed by atoms with van der Waals surface area (Å²) in [4.78, 5) is 19.4. The van der Waals surface area contributed by atoms with E-state index in [1.807, 2.05) is 42.5 Å². The predicted octanol–water partition coefficient (Wildman–Crippen LogP) is 3.80. The number of hydrogen-bond donors (Lipinski definition) is 3. The van der Waals surface area contributed by atoms with E-state index >= 15 is 0 Å². The predicted molar refractivity (Wildman–Crippen MR) is 126 cm³/mol. The van der Waals surface area contributed by atoms with Gasteiger partial charge in [-0.05, 0) is 35.9 Å². The summed E-state index contributed by atoms with van der Waals surface area (Å²) in [6.45, 7) is 0.747. The van der Waals surface area contributed by atoms with Gasteiger partial charge >= 0.3 is 0 Å². The maximum atomic E-state index is 13.4. The van der Waals surface area contributed by atoms with Crippen LogP contribution in [0.5, 0.6) is 17.2 Å². The number of anilines is 2. The third-order valence-corrected chi connectivity index (χ3v) is 5.82. The molecule has 0 aliphatic carbocycles. The van der Waals surface area contributed by atoms with Gasteiger partial charge in [0, 0.05) is 43.6 Å². The van der Waals surface area contributed by atoms with Crippen LogP contribution in [0.1, 0.15) is 21.6 Å². The molecule has 9 heteroatoms. The first-order chi connectivity index (χ1) is 16.4. The van der Waals surface area contributed by atoms with Crippen molar-refractivity contribution in [1.29, 1.82) is 0 Å². The number of nitrogens with zero attached hydrogens (tertiary/aromatic N) is 4. The molecule has 4 aromatic rings. The summed E-state index contributed by atoms with van der Waals surface area (Å²) in [6, 6.07) is 15.7. The van der Waals surface area contributed by atoms with Crippen molar-refractivity contribution in [2.24, 2.45) is 7.05 Å². The van der Waals surface area contributed by atoms with E-state index < -0.39 is 0 Å². The Bertz CT molecular complexity index is 1360. The number of pyridine rings is 1. The fourth-order valence-electron chi connectivity index (χ4n) is 4.06. The van der Waals surface area contributed by atoms with Gasteiger partial charge in [0.2, 0.25) is 0 Å². The van der Waals surface area contributed by atoms with E-state index in [4.69, 9.17) is 4.74 Å². The van der Waals surface area contributed by atoms with Crippen molar-refractivity contribution in [2.75, 3.05) is 12.4 Å². The van der Waals surface area contributed by atoms with Gasteiger partial charge in [0.05, 0.1) is 30.7 Å². The van der Waals surface area contributed by atoms with E-state index in [-0.39, 0.29) is 28.7 Å². The quantitative estimate of drug-likeness (QED) is 0.418. The Morgan fingerprint density at radius 1 is 1.09 bits per heavy atom. The van der Waals surface area contributed by atoms with Crippen molar-refractivity contribution in [3.8, 4) is 28.5 Å². The summed E-state index contributed by atoms with van der Waals surface area (Å²) in [5.74, 6) is 0.483. The molecule has 0 fully saturated rings. The summed E-state index contributed by atoms with van der Waals surface area (Å²) >= 11 is 0. The third-order valence-electron chi connectivity index (χ3n) is 5.82. The van der Waals surface area contributed by atoms with Crippen LogP contribution in [0, 0.1) is 0 Å². The van der Waals surface area contributed by atoms with E-state index in [0.717, 1.165) is 28.6 Å². The number of methoxy groups -OCH3 is 1. The van der Waals surface area contributed by atoms with Crippen molar-refractivity contribution in [2.45, 2.75) is 13.1 Å². The lowest BCUT2D eigenvalue weighted by molar-refractivity contribution is 0.0748. The smallest absolute Gasteiger partial charge is 0.260 e. The number of fused-ring (bicyclic) bond motifs is 1. The van der Waals surface area contributed by atoms with Crippen molar-refractivity contribution in [1.82, 2.24) is 19.7 Å². The molecule has 1 amide bonds. The van der Waals surface area contributed by atoms with Crippen LogP contribution in [0.3, 0.4) is 0 Å². The van der Waals surface area contributed by atoms with E-state index in [1.54, 1.807) is 29.9 Å². The van der Waals surface area contributed by atoms with E-state index in [0.29, 0.717) is 24.6 Å². The van der Waals surface area contributed by atoms with Crippen molar-refractivity contribution < 1.29 is 19.7 Å². The summed E-state index contributed by atoms with van der Waals surface area (Å²) in [7, 11) is 3.38. The normalized spacial score (nSPS) is 12.5. The fourth-order valence-corrected chi connectivity index (χ4v) is 4.06. The molecule has 2 aromatic carbocycles. The Hall–Kier alpha value is -4.53. The number of aromatic nitrogens is 3. The number of aromatic hydroxyl groups is 2. The standard InChI is InChI=1S/C25H23N5O4/c1-29-23(12-19(28-29)15-5-7-18(34-2)8-6-15)27-20-10-17(31)11-22(32)24(20)25(33)30-13-16-4-3-9-26-21(16)14-30/h3-12,27,31-32H,13-14H2,1-2H3. The average molecular weight is 457 g/mol. The van der Waals surface area contributed by atoms with Gasteiger partial charge in [0.25, 0.3) is 5.91 Å². The van der Waals surface area contributed by atoms with Crippen LogP contribution in [0.4, 0.5) is 11.5 Å². The molecule has 0 saturated heterocycles. The lowest BCUT2D eigenvalue weighted by Gasteiger charge is -2.19. The second-order valence-corrected chi connectivity index (χ2v) is 8.05. The summed E-state index contributed by atoms with van der Waals surface area (Å²) in [5, 5.41) is 28.4. The highest BCUT2D eigenvalue weighted by Crippen LogP contribution is 2.36. The summed E-state index contributed by atoms with van der Waals surface area (Å²) in [5.41, 5.74) is 3.75.